The van der Waals surface area contributed by atoms with Gasteiger partial charge >= 0.3 is 0 Å². The highest BCUT2D eigenvalue weighted by Crippen LogP contribution is 2.22. The highest BCUT2D eigenvalue weighted by atomic mass is 79.9. The second kappa shape index (κ2) is 5.44. The van der Waals surface area contributed by atoms with Crippen LogP contribution in [0.3, 0.4) is 0 Å². The lowest BCUT2D eigenvalue weighted by Gasteiger charge is -2.14. The van der Waals surface area contributed by atoms with Gasteiger partial charge in [0.05, 0.1) is 12.2 Å². The maximum absolute atomic E-state index is 5.63. The Balaban J connectivity index is 2.29. The van der Waals surface area contributed by atoms with Crippen LogP contribution in [0.15, 0.2) is 41.1 Å². The van der Waals surface area contributed by atoms with Crippen LogP contribution in [0.5, 0.6) is 0 Å². The Morgan fingerprint density at radius 1 is 1.35 bits per heavy atom. The molecule has 0 aliphatic heterocycles. The van der Waals surface area contributed by atoms with E-state index < -0.39 is 0 Å². The Hall–Kier alpha value is -1.17. The van der Waals surface area contributed by atoms with Gasteiger partial charge in [-0.1, -0.05) is 28.1 Å². The lowest BCUT2D eigenvalue weighted by atomic mass is 10.0. The van der Waals surface area contributed by atoms with Crippen molar-refractivity contribution in [3.8, 4) is 0 Å². The summed E-state index contributed by atoms with van der Waals surface area (Å²) in [5.74, 6) is 5.63. The number of benzene rings is 1. The van der Waals surface area contributed by atoms with Gasteiger partial charge in [-0.3, -0.25) is 10.5 Å². The molecule has 1 aromatic heterocycles. The van der Waals surface area contributed by atoms with Crippen molar-refractivity contribution in [3.05, 3.63) is 52.3 Å². The summed E-state index contributed by atoms with van der Waals surface area (Å²) in [6.45, 7) is 2.92. The number of halogens is 1. The topological polar surface area (TPSA) is 55.9 Å². The fraction of sp³-hybridized carbons (Fsp3) is 0.250. The predicted octanol–water partition coefficient (Wildman–Crippen LogP) is 2.22. The van der Waals surface area contributed by atoms with Gasteiger partial charge in [0, 0.05) is 22.8 Å². The Morgan fingerprint density at radius 2 is 2.06 bits per heavy atom. The van der Waals surface area contributed by atoms with Gasteiger partial charge in [-0.2, -0.15) is 5.10 Å². The molecule has 0 bridgehead atoms. The van der Waals surface area contributed by atoms with E-state index in [1.807, 2.05) is 41.3 Å². The molecule has 0 saturated heterocycles. The van der Waals surface area contributed by atoms with Gasteiger partial charge in [-0.25, -0.2) is 5.43 Å². The average molecular weight is 295 g/mol. The average Bonchev–Trinajstić information content (AvgIpc) is 2.81. The molecule has 1 unspecified atom stereocenters. The van der Waals surface area contributed by atoms with Crippen LogP contribution in [0, 0.1) is 0 Å². The van der Waals surface area contributed by atoms with Crippen LogP contribution < -0.4 is 11.3 Å². The molecule has 1 heterocycles. The Kier molecular flexibility index (Phi) is 3.93. The standard InChI is InChI=1S/C12H15BrN4/c1-2-17-8-10(7-15-17)12(16-14)9-3-5-11(13)6-4-9/h3-8,12,16H,2,14H2,1H3. The van der Waals surface area contributed by atoms with E-state index in [2.05, 4.69) is 33.4 Å². The fourth-order valence-corrected chi connectivity index (χ4v) is 2.01. The Bertz CT molecular complexity index is 478. The van der Waals surface area contributed by atoms with Gasteiger partial charge in [0.25, 0.3) is 0 Å². The molecule has 17 heavy (non-hydrogen) atoms. The van der Waals surface area contributed by atoms with E-state index in [0.29, 0.717) is 0 Å². The molecule has 0 radical (unpaired) electrons. The zero-order valence-electron chi connectivity index (χ0n) is 9.60. The second-order valence-corrected chi connectivity index (χ2v) is 4.70. The third-order valence-electron chi connectivity index (χ3n) is 2.68. The number of rotatable bonds is 4. The summed E-state index contributed by atoms with van der Waals surface area (Å²) >= 11 is 3.42. The third kappa shape index (κ3) is 2.74. The molecule has 1 aromatic carbocycles. The largest absolute Gasteiger partial charge is 0.273 e. The highest BCUT2D eigenvalue weighted by molar-refractivity contribution is 9.10. The van der Waals surface area contributed by atoms with E-state index in [4.69, 9.17) is 5.84 Å². The minimum Gasteiger partial charge on any atom is -0.273 e. The van der Waals surface area contributed by atoms with Crippen molar-refractivity contribution < 1.29 is 0 Å². The van der Waals surface area contributed by atoms with E-state index in [0.717, 1.165) is 22.1 Å². The van der Waals surface area contributed by atoms with Crippen LogP contribution in [0.1, 0.15) is 24.1 Å². The molecule has 90 valence electrons. The minimum absolute atomic E-state index is 0.0246. The van der Waals surface area contributed by atoms with Crippen LogP contribution in [0.25, 0.3) is 0 Å². The maximum atomic E-state index is 5.63. The lowest BCUT2D eigenvalue weighted by molar-refractivity contribution is 0.630. The van der Waals surface area contributed by atoms with Crippen LogP contribution >= 0.6 is 15.9 Å². The predicted molar refractivity (Wildman–Crippen MR) is 71.2 cm³/mol. The second-order valence-electron chi connectivity index (χ2n) is 3.78. The smallest absolute Gasteiger partial charge is 0.0740 e. The van der Waals surface area contributed by atoms with E-state index >= 15 is 0 Å². The van der Waals surface area contributed by atoms with Crippen LogP contribution in [-0.2, 0) is 6.54 Å². The van der Waals surface area contributed by atoms with Gasteiger partial charge in [-0.15, -0.1) is 0 Å². The molecule has 4 nitrogen and oxygen atoms in total. The maximum Gasteiger partial charge on any atom is 0.0740 e. The van der Waals surface area contributed by atoms with Gasteiger partial charge < -0.3 is 0 Å². The van der Waals surface area contributed by atoms with Crippen molar-refractivity contribution in [2.24, 2.45) is 5.84 Å². The molecular weight excluding hydrogens is 280 g/mol. The first-order valence-corrected chi connectivity index (χ1v) is 6.28. The van der Waals surface area contributed by atoms with Crippen molar-refractivity contribution in [1.82, 2.24) is 15.2 Å². The van der Waals surface area contributed by atoms with Crippen LogP contribution in [-0.4, -0.2) is 9.78 Å². The number of nitrogens with two attached hydrogens (primary N) is 1. The summed E-state index contributed by atoms with van der Waals surface area (Å²) in [6, 6.07) is 8.06. The molecule has 0 aliphatic carbocycles. The summed E-state index contributed by atoms with van der Waals surface area (Å²) in [7, 11) is 0. The minimum atomic E-state index is -0.0246. The SMILES string of the molecule is CCn1cc(C(NN)c2ccc(Br)cc2)cn1. The molecule has 0 amide bonds. The van der Waals surface area contributed by atoms with Gasteiger partial charge in [0.2, 0.25) is 0 Å². The van der Waals surface area contributed by atoms with Crippen molar-refractivity contribution >= 4 is 15.9 Å². The van der Waals surface area contributed by atoms with Crippen LogP contribution in [0.4, 0.5) is 0 Å². The molecule has 0 spiro atoms. The number of nitrogens with one attached hydrogen (secondary N) is 1. The normalized spacial score (nSPS) is 12.6. The molecule has 0 saturated carbocycles. The fourth-order valence-electron chi connectivity index (χ4n) is 1.74. The third-order valence-corrected chi connectivity index (χ3v) is 3.21. The number of aromatic nitrogens is 2. The summed E-state index contributed by atoms with van der Waals surface area (Å²) in [5, 5.41) is 4.26. The number of aryl methyl sites for hydroxylation is 1. The first-order valence-electron chi connectivity index (χ1n) is 5.48. The van der Waals surface area contributed by atoms with E-state index in [-0.39, 0.29) is 6.04 Å². The van der Waals surface area contributed by atoms with Crippen molar-refractivity contribution in [2.45, 2.75) is 19.5 Å². The van der Waals surface area contributed by atoms with Gasteiger partial charge in [-0.05, 0) is 24.6 Å². The van der Waals surface area contributed by atoms with Crippen molar-refractivity contribution in [1.29, 1.82) is 0 Å². The number of hydrazine groups is 1. The number of hydrogen-bond donors (Lipinski definition) is 2. The first-order chi connectivity index (χ1) is 8.24. The molecule has 0 aliphatic rings. The molecular formula is C12H15BrN4. The lowest BCUT2D eigenvalue weighted by Crippen LogP contribution is -2.28. The summed E-state index contributed by atoms with van der Waals surface area (Å²) in [6.07, 6.45) is 3.85. The zero-order chi connectivity index (χ0) is 12.3. The Morgan fingerprint density at radius 3 is 2.59 bits per heavy atom. The molecule has 0 fully saturated rings. The monoisotopic (exact) mass is 294 g/mol. The molecule has 2 aromatic rings. The van der Waals surface area contributed by atoms with Gasteiger partial charge in [0.1, 0.15) is 0 Å². The highest BCUT2D eigenvalue weighted by Gasteiger charge is 2.13. The van der Waals surface area contributed by atoms with Crippen molar-refractivity contribution in [3.63, 3.8) is 0 Å². The van der Waals surface area contributed by atoms with Crippen molar-refractivity contribution in [2.75, 3.05) is 0 Å². The quantitative estimate of drug-likeness (QED) is 0.671. The summed E-state index contributed by atoms with van der Waals surface area (Å²) in [5.41, 5.74) is 5.01. The molecule has 5 heteroatoms. The molecule has 1 atom stereocenters. The summed E-state index contributed by atoms with van der Waals surface area (Å²) < 4.78 is 2.94. The van der Waals surface area contributed by atoms with E-state index in [9.17, 15) is 0 Å². The van der Waals surface area contributed by atoms with Crippen LogP contribution in [0.2, 0.25) is 0 Å². The first kappa shape index (κ1) is 12.3. The van der Waals surface area contributed by atoms with E-state index in [1.165, 1.54) is 0 Å². The van der Waals surface area contributed by atoms with E-state index in [1.54, 1.807) is 0 Å². The zero-order valence-corrected chi connectivity index (χ0v) is 11.2. The van der Waals surface area contributed by atoms with Gasteiger partial charge in [0.15, 0.2) is 0 Å². The number of hydrogen-bond acceptors (Lipinski definition) is 3. The number of nitrogens with zero attached hydrogens (tertiary/aromatic N) is 2. The molecule has 2 rings (SSSR count). The molecule has 3 N–H and O–H groups in total. The summed E-state index contributed by atoms with van der Waals surface area (Å²) in [4.78, 5) is 0. The Labute approximate surface area is 109 Å².